The Kier molecular flexibility index (Phi) is 4.57. The molecule has 1 aromatic heterocycles. The van der Waals surface area contributed by atoms with Gasteiger partial charge in [-0.3, -0.25) is 0 Å². The van der Waals surface area contributed by atoms with Crippen LogP contribution in [-0.2, 0) is 0 Å². The molecule has 0 aliphatic carbocycles. The van der Waals surface area contributed by atoms with Crippen molar-refractivity contribution in [3.63, 3.8) is 0 Å². The van der Waals surface area contributed by atoms with Gasteiger partial charge in [0.05, 0.1) is 10.5 Å². The Hall–Kier alpha value is -1.03. The average Bonchev–Trinajstić information content (AvgIpc) is 2.28. The van der Waals surface area contributed by atoms with Crippen molar-refractivity contribution in [2.75, 3.05) is 12.4 Å². The van der Waals surface area contributed by atoms with Gasteiger partial charge in [0, 0.05) is 24.0 Å². The second-order valence-corrected chi connectivity index (χ2v) is 4.18. The third-order valence-electron chi connectivity index (χ3n) is 2.55. The van der Waals surface area contributed by atoms with Gasteiger partial charge < -0.3 is 11.1 Å². The predicted molar refractivity (Wildman–Crippen MR) is 76.2 cm³/mol. The monoisotopic (exact) mass is 271 g/mol. The lowest BCUT2D eigenvalue weighted by Crippen LogP contribution is -2.09. The number of halogens is 2. The molecule has 0 saturated heterocycles. The highest BCUT2D eigenvalue weighted by molar-refractivity contribution is 6.35. The summed E-state index contributed by atoms with van der Waals surface area (Å²) in [5.74, 6) is 0.788. The molecular weight excluding hydrogens is 257 g/mol. The maximum atomic E-state index is 6.10. The molecule has 1 aromatic carbocycles. The number of rotatable bonds is 2. The van der Waals surface area contributed by atoms with Crippen LogP contribution in [0.2, 0.25) is 5.02 Å². The topological polar surface area (TPSA) is 50.9 Å². The van der Waals surface area contributed by atoms with Crippen molar-refractivity contribution in [3.8, 4) is 0 Å². The predicted octanol–water partition coefficient (Wildman–Crippen LogP) is 3.37. The number of nitrogens with one attached hydrogen (secondary N) is 1. The first-order valence-electron chi connectivity index (χ1n) is 5.16. The number of hydrogen-bond donors (Lipinski definition) is 2. The van der Waals surface area contributed by atoms with Crippen LogP contribution in [-0.4, -0.2) is 12.0 Å². The molecule has 0 aliphatic heterocycles. The minimum atomic E-state index is -0.0571. The Balaban J connectivity index is 0.00000144. The van der Waals surface area contributed by atoms with Gasteiger partial charge in [0.15, 0.2) is 0 Å². The van der Waals surface area contributed by atoms with Gasteiger partial charge in [-0.15, -0.1) is 12.4 Å². The Morgan fingerprint density at radius 2 is 2.12 bits per heavy atom. The van der Waals surface area contributed by atoms with Gasteiger partial charge in [-0.1, -0.05) is 23.7 Å². The van der Waals surface area contributed by atoms with E-state index in [0.29, 0.717) is 5.02 Å². The van der Waals surface area contributed by atoms with Crippen LogP contribution >= 0.6 is 24.0 Å². The van der Waals surface area contributed by atoms with Crippen molar-refractivity contribution in [2.24, 2.45) is 5.73 Å². The highest BCUT2D eigenvalue weighted by atomic mass is 35.5. The molecule has 0 amide bonds. The Bertz CT molecular complexity index is 526. The molecule has 3 N–H and O–H groups in total. The van der Waals surface area contributed by atoms with E-state index in [-0.39, 0.29) is 18.4 Å². The molecule has 0 spiro atoms. The molecule has 3 nitrogen and oxygen atoms in total. The fourth-order valence-corrected chi connectivity index (χ4v) is 1.95. The number of benzene rings is 1. The average molecular weight is 272 g/mol. The minimum Gasteiger partial charge on any atom is -0.373 e. The lowest BCUT2D eigenvalue weighted by molar-refractivity contribution is 0.817. The number of aromatic nitrogens is 1. The summed E-state index contributed by atoms with van der Waals surface area (Å²) in [6.45, 7) is 1.94. The van der Waals surface area contributed by atoms with Gasteiger partial charge in [0.25, 0.3) is 0 Å². The van der Waals surface area contributed by atoms with Crippen LogP contribution in [0.25, 0.3) is 10.9 Å². The molecule has 0 fully saturated rings. The molecule has 1 atom stereocenters. The zero-order valence-corrected chi connectivity index (χ0v) is 11.3. The van der Waals surface area contributed by atoms with Crippen molar-refractivity contribution in [1.29, 1.82) is 0 Å². The first kappa shape index (κ1) is 14.0. The van der Waals surface area contributed by atoms with Gasteiger partial charge in [0.2, 0.25) is 0 Å². The molecule has 17 heavy (non-hydrogen) atoms. The van der Waals surface area contributed by atoms with Crippen molar-refractivity contribution in [2.45, 2.75) is 13.0 Å². The van der Waals surface area contributed by atoms with E-state index in [2.05, 4.69) is 10.3 Å². The van der Waals surface area contributed by atoms with Gasteiger partial charge >= 0.3 is 0 Å². The molecule has 0 aliphatic rings. The summed E-state index contributed by atoms with van der Waals surface area (Å²) in [7, 11) is 1.83. The summed E-state index contributed by atoms with van der Waals surface area (Å²) < 4.78 is 0. The minimum absolute atomic E-state index is 0. The van der Waals surface area contributed by atoms with Crippen LogP contribution in [0.1, 0.15) is 18.5 Å². The van der Waals surface area contributed by atoms with Crippen LogP contribution in [0.4, 0.5) is 5.82 Å². The van der Waals surface area contributed by atoms with Crippen LogP contribution in [0.5, 0.6) is 0 Å². The summed E-state index contributed by atoms with van der Waals surface area (Å²) in [4.78, 5) is 4.49. The summed E-state index contributed by atoms with van der Waals surface area (Å²) >= 11 is 6.10. The highest BCUT2D eigenvalue weighted by Crippen LogP contribution is 2.28. The van der Waals surface area contributed by atoms with Gasteiger partial charge in [0.1, 0.15) is 5.82 Å². The number of nitrogens with two attached hydrogens (primary N) is 1. The van der Waals surface area contributed by atoms with Gasteiger partial charge in [-0.2, -0.15) is 0 Å². The maximum Gasteiger partial charge on any atom is 0.131 e. The fraction of sp³-hybridized carbons (Fsp3) is 0.250. The van der Waals surface area contributed by atoms with E-state index in [9.17, 15) is 0 Å². The normalized spacial score (nSPS) is 12.0. The van der Waals surface area contributed by atoms with Crippen molar-refractivity contribution < 1.29 is 0 Å². The second-order valence-electron chi connectivity index (χ2n) is 3.78. The SMILES string of the molecule is CNc1nc2c(Cl)cccc2cc1C(C)N.Cl. The van der Waals surface area contributed by atoms with Gasteiger partial charge in [-0.05, 0) is 19.1 Å². The van der Waals surface area contributed by atoms with Crippen LogP contribution in [0.3, 0.4) is 0 Å². The van der Waals surface area contributed by atoms with E-state index < -0.39 is 0 Å². The van der Waals surface area contributed by atoms with Crippen molar-refractivity contribution >= 4 is 40.7 Å². The molecule has 0 radical (unpaired) electrons. The molecule has 1 unspecified atom stereocenters. The number of anilines is 1. The first-order valence-corrected chi connectivity index (χ1v) is 5.53. The third-order valence-corrected chi connectivity index (χ3v) is 2.86. The Morgan fingerprint density at radius 1 is 1.41 bits per heavy atom. The first-order chi connectivity index (χ1) is 7.63. The molecule has 2 aromatic rings. The van der Waals surface area contributed by atoms with Crippen molar-refractivity contribution in [3.05, 3.63) is 34.9 Å². The fourth-order valence-electron chi connectivity index (χ4n) is 1.73. The van der Waals surface area contributed by atoms with E-state index in [0.717, 1.165) is 22.3 Å². The maximum absolute atomic E-state index is 6.10. The standard InChI is InChI=1S/C12H14ClN3.ClH/c1-7(14)9-6-8-4-3-5-10(13)11(8)16-12(9)15-2;/h3-7H,14H2,1-2H3,(H,15,16);1H. The number of hydrogen-bond acceptors (Lipinski definition) is 3. The largest absolute Gasteiger partial charge is 0.373 e. The lowest BCUT2D eigenvalue weighted by atomic mass is 10.1. The van der Waals surface area contributed by atoms with Gasteiger partial charge in [-0.25, -0.2) is 4.98 Å². The zero-order chi connectivity index (χ0) is 11.7. The van der Waals surface area contributed by atoms with E-state index in [1.807, 2.05) is 38.2 Å². The van der Waals surface area contributed by atoms with E-state index >= 15 is 0 Å². The molecule has 5 heteroatoms. The molecular formula is C12H15Cl2N3. The van der Waals surface area contributed by atoms with Crippen LogP contribution < -0.4 is 11.1 Å². The molecule has 92 valence electrons. The summed E-state index contributed by atoms with van der Waals surface area (Å²) in [6, 6.07) is 7.71. The summed E-state index contributed by atoms with van der Waals surface area (Å²) in [6.07, 6.45) is 0. The number of pyridine rings is 1. The van der Waals surface area contributed by atoms with E-state index in [1.54, 1.807) is 0 Å². The Morgan fingerprint density at radius 3 is 2.71 bits per heavy atom. The number of fused-ring (bicyclic) bond motifs is 1. The summed E-state index contributed by atoms with van der Waals surface area (Å²) in [5.41, 5.74) is 7.71. The molecule has 0 bridgehead atoms. The van der Waals surface area contributed by atoms with Crippen LogP contribution in [0.15, 0.2) is 24.3 Å². The zero-order valence-electron chi connectivity index (χ0n) is 9.70. The smallest absolute Gasteiger partial charge is 0.131 e. The molecule has 1 heterocycles. The van der Waals surface area contributed by atoms with Crippen LogP contribution in [0, 0.1) is 0 Å². The third kappa shape index (κ3) is 2.63. The van der Waals surface area contributed by atoms with E-state index in [4.69, 9.17) is 17.3 Å². The Labute approximate surface area is 112 Å². The molecule has 2 rings (SSSR count). The number of nitrogens with zero attached hydrogens (tertiary/aromatic N) is 1. The summed E-state index contributed by atoms with van der Waals surface area (Å²) in [5, 5.41) is 4.72. The second kappa shape index (κ2) is 5.54. The van der Waals surface area contributed by atoms with Crippen molar-refractivity contribution in [1.82, 2.24) is 4.98 Å². The number of para-hydroxylation sites is 1. The van der Waals surface area contributed by atoms with E-state index in [1.165, 1.54) is 0 Å². The highest BCUT2D eigenvalue weighted by Gasteiger charge is 2.10. The lowest BCUT2D eigenvalue weighted by Gasteiger charge is -2.13. The quantitative estimate of drug-likeness (QED) is 0.881. The molecule has 0 saturated carbocycles.